The van der Waals surface area contributed by atoms with Gasteiger partial charge in [0.15, 0.2) is 0 Å². The van der Waals surface area contributed by atoms with E-state index in [1.807, 2.05) is 6.20 Å². The number of allylic oxidation sites excluding steroid dienone is 2. The first-order valence-electron chi connectivity index (χ1n) is 17.9. The number of fused-ring (bicyclic) bond motifs is 3. The van der Waals surface area contributed by atoms with Crippen LogP contribution in [0.2, 0.25) is 0 Å². The fourth-order valence-corrected chi connectivity index (χ4v) is 7.51. The summed E-state index contributed by atoms with van der Waals surface area (Å²) in [6.07, 6.45) is 1.93. The van der Waals surface area contributed by atoms with Gasteiger partial charge in [-0.25, -0.2) is 4.98 Å². The van der Waals surface area contributed by atoms with Crippen molar-refractivity contribution in [2.45, 2.75) is 102 Å². The van der Waals surface area contributed by atoms with E-state index in [2.05, 4.69) is 194 Å². The number of rotatable bonds is 5. The third-order valence-electron chi connectivity index (χ3n) is 10.0. The molecule has 0 aliphatic carbocycles. The molecule has 0 spiro atoms. The van der Waals surface area contributed by atoms with Crippen LogP contribution in [-0.2, 0) is 37.3 Å². The quantitative estimate of drug-likeness (QED) is 0.161. The number of anilines is 2. The van der Waals surface area contributed by atoms with E-state index >= 15 is 0 Å². The molecular weight excluding hydrogens is 836 g/mol. The van der Waals surface area contributed by atoms with E-state index in [1.54, 1.807) is 11.8 Å². The second kappa shape index (κ2) is 13.9. The maximum atomic E-state index is 4.85. The van der Waals surface area contributed by atoms with Crippen LogP contribution < -0.4 is 9.80 Å². The van der Waals surface area contributed by atoms with E-state index < -0.39 is 0 Å². The zero-order chi connectivity index (χ0) is 36.5. The van der Waals surface area contributed by atoms with Crippen molar-refractivity contribution in [1.29, 1.82) is 0 Å². The van der Waals surface area contributed by atoms with Gasteiger partial charge in [0.05, 0.1) is 0 Å². The first-order valence-corrected chi connectivity index (χ1v) is 18.7. The fraction of sp³-hybridized carbons (Fsp3) is 0.304. The molecule has 7 rings (SSSR count). The summed E-state index contributed by atoms with van der Waals surface area (Å²) in [5, 5.41) is 2.37. The summed E-state index contributed by atoms with van der Waals surface area (Å²) >= 11 is 1.69. The van der Waals surface area contributed by atoms with E-state index in [0.717, 1.165) is 32.3 Å². The molecule has 6 aromatic rings. The van der Waals surface area contributed by atoms with Gasteiger partial charge in [-0.3, -0.25) is 0 Å². The predicted molar refractivity (Wildman–Crippen MR) is 217 cm³/mol. The summed E-state index contributed by atoms with van der Waals surface area (Å²) in [5.41, 5.74) is 10.8. The second-order valence-corrected chi connectivity index (χ2v) is 18.0. The normalized spacial score (nSPS) is 14.1. The number of nitrogens with zero attached hydrogens (tertiary/aromatic N) is 4. The van der Waals surface area contributed by atoms with Gasteiger partial charge < -0.3 is 14.4 Å². The Hall–Kier alpha value is -3.79. The number of hydrogen-bond acceptors (Lipinski definition) is 4. The molecule has 2 aromatic heterocycles. The average Bonchev–Trinajstić information content (AvgIpc) is 3.56. The largest absolute Gasteiger partial charge is 0.497 e. The molecule has 0 saturated heterocycles. The third-order valence-corrected chi connectivity index (χ3v) is 11.0. The minimum Gasteiger partial charge on any atom is -0.497 e. The summed E-state index contributed by atoms with van der Waals surface area (Å²) in [6, 6.07) is 38.3. The standard InChI is InChI=1S/C46H49N4S.Pt/c1-30-31(2)49(36-24-33(45(6,7)8)23-34(25-36)46(9,10)11)29-48(30)35-15-14-16-37(27-35)51-38-19-20-40-39-17-12-13-18-41(39)50(42(40)28-38)43-26-32(21-22-47-43)44(3,4)5;/h12-26,29H,1-11H3;/q-3;. The van der Waals surface area contributed by atoms with Gasteiger partial charge in [0.1, 0.15) is 5.82 Å². The maximum Gasteiger partial charge on any atom is 0.135 e. The maximum absolute atomic E-state index is 4.85. The molecule has 4 aromatic carbocycles. The Morgan fingerprint density at radius 3 is 1.92 bits per heavy atom. The Kier molecular flexibility index (Phi) is 10.1. The molecule has 1 aliphatic heterocycles. The van der Waals surface area contributed by atoms with Crippen LogP contribution in [0.5, 0.6) is 0 Å². The number of aromatic nitrogens is 2. The van der Waals surface area contributed by atoms with Crippen LogP contribution in [0.15, 0.2) is 112 Å². The van der Waals surface area contributed by atoms with Gasteiger partial charge in [-0.15, -0.1) is 57.5 Å². The number of benzene rings is 4. The van der Waals surface area contributed by atoms with Crippen molar-refractivity contribution >= 4 is 44.9 Å². The Bertz CT molecular complexity index is 2280. The molecule has 272 valence electrons. The van der Waals surface area contributed by atoms with E-state index in [-0.39, 0.29) is 37.3 Å². The molecule has 0 saturated carbocycles. The summed E-state index contributed by atoms with van der Waals surface area (Å²) in [6.45, 7) is 27.1. The van der Waals surface area contributed by atoms with Crippen molar-refractivity contribution in [1.82, 2.24) is 9.55 Å². The van der Waals surface area contributed by atoms with Gasteiger partial charge in [-0.05, 0) is 82.5 Å². The summed E-state index contributed by atoms with van der Waals surface area (Å²) in [4.78, 5) is 11.5. The molecule has 4 nitrogen and oxygen atoms in total. The summed E-state index contributed by atoms with van der Waals surface area (Å²) in [7, 11) is 0. The van der Waals surface area contributed by atoms with Crippen molar-refractivity contribution in [3.05, 3.63) is 138 Å². The van der Waals surface area contributed by atoms with Crippen molar-refractivity contribution in [2.24, 2.45) is 0 Å². The van der Waals surface area contributed by atoms with Crippen LogP contribution in [0.3, 0.4) is 0 Å². The van der Waals surface area contributed by atoms with Gasteiger partial charge >= 0.3 is 0 Å². The Balaban J connectivity index is 0.00000464. The fourth-order valence-electron chi connectivity index (χ4n) is 6.69. The van der Waals surface area contributed by atoms with Crippen LogP contribution in [0, 0.1) is 18.8 Å². The smallest absolute Gasteiger partial charge is 0.135 e. The van der Waals surface area contributed by atoms with Crippen molar-refractivity contribution < 1.29 is 21.1 Å². The topological polar surface area (TPSA) is 24.3 Å². The summed E-state index contributed by atoms with van der Waals surface area (Å²) in [5.74, 6) is 0.912. The molecular formula is C46H49N4PtS-3. The van der Waals surface area contributed by atoms with Crippen LogP contribution in [0.4, 0.5) is 11.4 Å². The molecule has 0 N–H and O–H groups in total. The zero-order valence-corrected chi connectivity index (χ0v) is 35.3. The Labute approximate surface area is 329 Å². The van der Waals surface area contributed by atoms with Crippen LogP contribution >= 0.6 is 11.8 Å². The van der Waals surface area contributed by atoms with Crippen LogP contribution in [0.25, 0.3) is 27.6 Å². The molecule has 0 radical (unpaired) electrons. The van der Waals surface area contributed by atoms with E-state index in [4.69, 9.17) is 4.98 Å². The minimum atomic E-state index is 0. The first-order chi connectivity index (χ1) is 24.0. The Morgan fingerprint density at radius 2 is 1.25 bits per heavy atom. The average molecular weight is 885 g/mol. The van der Waals surface area contributed by atoms with E-state index in [0.29, 0.717) is 0 Å². The number of para-hydroxylation sites is 1. The van der Waals surface area contributed by atoms with Crippen molar-refractivity contribution in [3.63, 3.8) is 0 Å². The number of pyridine rings is 1. The van der Waals surface area contributed by atoms with Gasteiger partial charge in [0.25, 0.3) is 0 Å². The zero-order valence-electron chi connectivity index (χ0n) is 32.3. The monoisotopic (exact) mass is 884 g/mol. The minimum absolute atomic E-state index is 0. The molecule has 6 heteroatoms. The SMILES string of the molecule is CC1=C(C)N(c2cc(C(C)(C)C)cc(C(C)(C)C)c2)[CH-]N1c1[c-]c(Sc2[c-]c3c(cc2)c2ccccc2n3-c2cc(C(C)(C)C)ccn2)ccc1.[Pt]. The molecule has 0 atom stereocenters. The van der Waals surface area contributed by atoms with Crippen molar-refractivity contribution in [3.8, 4) is 5.82 Å². The molecule has 0 fully saturated rings. The third kappa shape index (κ3) is 7.24. The molecule has 1 aliphatic rings. The molecule has 0 amide bonds. The summed E-state index contributed by atoms with van der Waals surface area (Å²) < 4.78 is 2.26. The van der Waals surface area contributed by atoms with Gasteiger partial charge in [-0.2, -0.15) is 24.3 Å². The first kappa shape index (κ1) is 37.9. The number of hydrogen-bond donors (Lipinski definition) is 0. The van der Waals surface area contributed by atoms with Crippen LogP contribution in [0.1, 0.15) is 92.9 Å². The second-order valence-electron chi connectivity index (χ2n) is 16.9. The van der Waals surface area contributed by atoms with E-state index in [9.17, 15) is 0 Å². The van der Waals surface area contributed by atoms with E-state index in [1.165, 1.54) is 44.5 Å². The molecule has 52 heavy (non-hydrogen) atoms. The van der Waals surface area contributed by atoms with Gasteiger partial charge in [0, 0.05) is 49.9 Å². The van der Waals surface area contributed by atoms with Crippen LogP contribution in [-0.4, -0.2) is 9.55 Å². The molecule has 3 heterocycles. The molecule has 0 unspecified atom stereocenters. The van der Waals surface area contributed by atoms with Gasteiger partial charge in [-0.1, -0.05) is 92.1 Å². The van der Waals surface area contributed by atoms with Gasteiger partial charge in [0.2, 0.25) is 0 Å². The molecule has 0 bridgehead atoms. The van der Waals surface area contributed by atoms with Crippen molar-refractivity contribution in [2.75, 3.05) is 9.80 Å². The Morgan fingerprint density at radius 1 is 0.615 bits per heavy atom. The predicted octanol–water partition coefficient (Wildman–Crippen LogP) is 12.5.